The van der Waals surface area contributed by atoms with Crippen molar-refractivity contribution in [1.82, 2.24) is 9.13 Å². The summed E-state index contributed by atoms with van der Waals surface area (Å²) < 4.78 is 4.88. The zero-order valence-electron chi connectivity index (χ0n) is 32.5. The van der Waals surface area contributed by atoms with E-state index in [-0.39, 0.29) is 0 Å². The smallest absolute Gasteiger partial charge is 0.0541 e. The first kappa shape index (κ1) is 33.5. The van der Waals surface area contributed by atoms with Crippen LogP contribution in [0.5, 0.6) is 0 Å². The predicted molar refractivity (Wildman–Crippen MR) is 253 cm³/mol. The van der Waals surface area contributed by atoms with Gasteiger partial charge in [-0.2, -0.15) is 0 Å². The summed E-state index contributed by atoms with van der Waals surface area (Å²) >= 11 is 0. The van der Waals surface area contributed by atoms with Crippen molar-refractivity contribution in [3.8, 4) is 33.6 Å². The van der Waals surface area contributed by atoms with Gasteiger partial charge in [0.1, 0.15) is 0 Å². The second-order valence-electron chi connectivity index (χ2n) is 15.7. The van der Waals surface area contributed by atoms with Crippen LogP contribution in [0.1, 0.15) is 11.1 Å². The number of rotatable bonds is 3. The molecule has 2 aromatic heterocycles. The molecule has 2 nitrogen and oxygen atoms in total. The molecule has 13 rings (SSSR count). The summed E-state index contributed by atoms with van der Waals surface area (Å²) in [4.78, 5) is 0. The first-order valence-electron chi connectivity index (χ1n) is 20.4. The summed E-state index contributed by atoms with van der Waals surface area (Å²) in [5, 5.41) is 12.9. The van der Waals surface area contributed by atoms with Crippen LogP contribution in [-0.4, -0.2) is 9.13 Å². The van der Waals surface area contributed by atoms with Gasteiger partial charge in [0.05, 0.1) is 22.1 Å². The number of benzene rings is 10. The molecule has 0 amide bonds. The van der Waals surface area contributed by atoms with E-state index in [4.69, 9.17) is 0 Å². The lowest BCUT2D eigenvalue weighted by atomic mass is 9.94. The third-order valence-electron chi connectivity index (χ3n) is 12.7. The molecule has 0 unspecified atom stereocenters. The fourth-order valence-electron chi connectivity index (χ4n) is 10.1. The van der Waals surface area contributed by atoms with Gasteiger partial charge >= 0.3 is 0 Å². The van der Waals surface area contributed by atoms with Gasteiger partial charge in [-0.15, -0.1) is 13.2 Å². The maximum atomic E-state index is 3.00. The van der Waals surface area contributed by atoms with Gasteiger partial charge in [0.25, 0.3) is 0 Å². The quantitative estimate of drug-likeness (QED) is 0.126. The molecule has 0 fully saturated rings. The molecule has 1 aliphatic carbocycles. The topological polar surface area (TPSA) is 9.86 Å². The lowest BCUT2D eigenvalue weighted by Gasteiger charge is -2.14. The molecule has 0 spiro atoms. The van der Waals surface area contributed by atoms with E-state index in [0.717, 1.165) is 6.42 Å². The summed E-state index contributed by atoms with van der Waals surface area (Å²) in [6.07, 6.45) is 0.960. The van der Waals surface area contributed by atoms with Crippen molar-refractivity contribution in [3.05, 3.63) is 218 Å². The third kappa shape index (κ3) is 4.87. The molecule has 0 saturated heterocycles. The molecule has 59 heavy (non-hydrogen) atoms. The zero-order chi connectivity index (χ0) is 39.2. The Bertz CT molecular complexity index is 3600. The molecule has 10 aromatic carbocycles. The van der Waals surface area contributed by atoms with Gasteiger partial charge in [-0.05, 0) is 133 Å². The van der Waals surface area contributed by atoms with E-state index in [1.54, 1.807) is 0 Å². The van der Waals surface area contributed by atoms with Crippen LogP contribution in [0.25, 0.3) is 110 Å². The van der Waals surface area contributed by atoms with Crippen molar-refractivity contribution in [3.63, 3.8) is 0 Å². The van der Waals surface area contributed by atoms with E-state index in [0.29, 0.717) is 0 Å². The molecule has 0 aliphatic heterocycles. The number of para-hydroxylation sites is 3. The Morgan fingerprint density at radius 2 is 0.678 bits per heavy atom. The van der Waals surface area contributed by atoms with E-state index in [2.05, 4.69) is 216 Å². The van der Waals surface area contributed by atoms with Crippen LogP contribution in [0.4, 0.5) is 0 Å². The van der Waals surface area contributed by atoms with Gasteiger partial charge in [0, 0.05) is 32.9 Å². The van der Waals surface area contributed by atoms with Gasteiger partial charge in [-0.3, -0.25) is 0 Å². The summed E-state index contributed by atoms with van der Waals surface area (Å²) in [6, 6.07) is 72.3. The Morgan fingerprint density at radius 3 is 1.27 bits per heavy atom. The second-order valence-corrected chi connectivity index (χ2v) is 15.7. The maximum Gasteiger partial charge on any atom is 0.0541 e. The highest BCUT2D eigenvalue weighted by molar-refractivity contribution is 6.25. The monoisotopic (exact) mass is 750 g/mol. The Kier molecular flexibility index (Phi) is 7.33. The number of fused-ring (bicyclic) bond motifs is 15. The standard InChI is InChI=1S/C55H34N2.C2H4/c1-2-13-42-40(11-1)41-12-3-4-14-43(41)50-33-39(26-27-44(42)50)57-54-20-10-7-17-47(54)51-31-35(24-28-55(51)57)34-21-22-36-29-37-23-25-38(32-49(37)48(36)30-34)56-52-18-8-5-15-45(52)46-16-6-9-19-53(46)56;1-2/h1-28,30-33H,29H2;1-2H2. The van der Waals surface area contributed by atoms with Crippen molar-refractivity contribution < 1.29 is 0 Å². The average molecular weight is 751 g/mol. The Hall–Kier alpha value is -7.68. The fourth-order valence-corrected chi connectivity index (χ4v) is 10.1. The van der Waals surface area contributed by atoms with E-state index >= 15 is 0 Å². The van der Waals surface area contributed by atoms with Gasteiger partial charge in [0.15, 0.2) is 0 Å². The summed E-state index contributed by atoms with van der Waals surface area (Å²) in [5.74, 6) is 0. The minimum atomic E-state index is 0.960. The molecule has 0 bridgehead atoms. The minimum absolute atomic E-state index is 0.960. The first-order chi connectivity index (χ1) is 29.3. The maximum absolute atomic E-state index is 3.00. The van der Waals surface area contributed by atoms with E-state index in [1.165, 1.54) is 121 Å². The number of aromatic nitrogens is 2. The average Bonchev–Trinajstić information content (AvgIpc) is 3.96. The van der Waals surface area contributed by atoms with Crippen molar-refractivity contribution in [1.29, 1.82) is 0 Å². The third-order valence-corrected chi connectivity index (χ3v) is 12.7. The highest BCUT2D eigenvalue weighted by atomic mass is 15.0. The summed E-state index contributed by atoms with van der Waals surface area (Å²) in [6.45, 7) is 6.00. The van der Waals surface area contributed by atoms with E-state index in [9.17, 15) is 0 Å². The fraction of sp³-hybridized carbons (Fsp3) is 0.0175. The molecular formula is C57H38N2. The molecule has 0 radical (unpaired) electrons. The molecule has 0 saturated carbocycles. The molecule has 276 valence electrons. The van der Waals surface area contributed by atoms with Crippen LogP contribution in [0.2, 0.25) is 0 Å². The lowest BCUT2D eigenvalue weighted by molar-refractivity contribution is 1.17. The SMILES string of the molecule is C=C.c1ccc2c(c1)c1ccccc1c1cc(-n3c4ccccc4c4cc(-c5ccc6c(c5)-c5cc(-n7c8ccccc8c8ccccc87)ccc5C6)ccc43)ccc21. The van der Waals surface area contributed by atoms with Crippen LogP contribution in [0, 0.1) is 0 Å². The Labute approximate surface area is 342 Å². The van der Waals surface area contributed by atoms with Crippen molar-refractivity contribution in [2.75, 3.05) is 0 Å². The van der Waals surface area contributed by atoms with Crippen molar-refractivity contribution >= 4 is 75.9 Å². The summed E-state index contributed by atoms with van der Waals surface area (Å²) in [5.41, 5.74) is 15.2. The first-order valence-corrected chi connectivity index (χ1v) is 20.4. The number of hydrogen-bond acceptors (Lipinski definition) is 0. The number of hydrogen-bond donors (Lipinski definition) is 0. The molecular weight excluding hydrogens is 713 g/mol. The van der Waals surface area contributed by atoms with E-state index in [1.807, 2.05) is 0 Å². The van der Waals surface area contributed by atoms with Crippen LogP contribution in [-0.2, 0) is 6.42 Å². The Morgan fingerprint density at radius 1 is 0.288 bits per heavy atom. The van der Waals surface area contributed by atoms with E-state index < -0.39 is 0 Å². The number of nitrogens with zero attached hydrogens (tertiary/aromatic N) is 2. The van der Waals surface area contributed by atoms with Crippen LogP contribution in [0.3, 0.4) is 0 Å². The van der Waals surface area contributed by atoms with Gasteiger partial charge < -0.3 is 9.13 Å². The summed E-state index contributed by atoms with van der Waals surface area (Å²) in [7, 11) is 0. The highest BCUT2D eigenvalue weighted by Crippen LogP contribution is 2.43. The minimum Gasteiger partial charge on any atom is -0.309 e. The van der Waals surface area contributed by atoms with Crippen LogP contribution < -0.4 is 0 Å². The normalized spacial score (nSPS) is 12.1. The van der Waals surface area contributed by atoms with Crippen LogP contribution >= 0.6 is 0 Å². The predicted octanol–water partition coefficient (Wildman–Crippen LogP) is 15.4. The molecule has 2 heterocycles. The molecule has 2 heteroatoms. The lowest BCUT2D eigenvalue weighted by Crippen LogP contribution is -1.95. The van der Waals surface area contributed by atoms with Crippen molar-refractivity contribution in [2.45, 2.75) is 6.42 Å². The highest BCUT2D eigenvalue weighted by Gasteiger charge is 2.22. The second kappa shape index (κ2) is 12.9. The van der Waals surface area contributed by atoms with Gasteiger partial charge in [-0.1, -0.05) is 133 Å². The largest absolute Gasteiger partial charge is 0.309 e. The van der Waals surface area contributed by atoms with Gasteiger partial charge in [-0.25, -0.2) is 0 Å². The molecule has 12 aromatic rings. The van der Waals surface area contributed by atoms with Gasteiger partial charge in [0.2, 0.25) is 0 Å². The zero-order valence-corrected chi connectivity index (χ0v) is 32.5. The van der Waals surface area contributed by atoms with Crippen LogP contribution in [0.15, 0.2) is 207 Å². The van der Waals surface area contributed by atoms with Crippen molar-refractivity contribution in [2.24, 2.45) is 0 Å². The molecule has 0 atom stereocenters. The molecule has 1 aliphatic rings. The molecule has 0 N–H and O–H groups in total. The Balaban J connectivity index is 0.00000186.